The second kappa shape index (κ2) is 12.4. The maximum Gasteiger partial charge on any atom is 0.394 e. The molecule has 15 heteroatoms. The summed E-state index contributed by atoms with van der Waals surface area (Å²) >= 11 is 6.52. The van der Waals surface area contributed by atoms with Gasteiger partial charge in [0.1, 0.15) is 15.6 Å². The van der Waals surface area contributed by atoms with Crippen molar-refractivity contribution in [2.75, 3.05) is 12.8 Å². The summed E-state index contributed by atoms with van der Waals surface area (Å²) in [4.78, 5) is 13.0. The van der Waals surface area contributed by atoms with Gasteiger partial charge in [-0.3, -0.25) is 9.48 Å². The lowest BCUT2D eigenvalue weighted by Gasteiger charge is -2.32. The van der Waals surface area contributed by atoms with E-state index >= 15 is 0 Å². The lowest BCUT2D eigenvalue weighted by atomic mass is 9.84. The molecule has 1 heterocycles. The molecule has 0 bridgehead atoms. The monoisotopic (exact) mass is 629 g/mol. The zero-order chi connectivity index (χ0) is 30.9. The highest BCUT2D eigenvalue weighted by Crippen LogP contribution is 2.43. The van der Waals surface area contributed by atoms with Gasteiger partial charge < -0.3 is 15.2 Å². The number of hydrogen-bond acceptors (Lipinski definition) is 6. The average molecular weight is 630 g/mol. The third kappa shape index (κ3) is 7.69. The highest BCUT2D eigenvalue weighted by molar-refractivity contribution is 7.91. The number of nitrogens with zero attached hydrogens (tertiary/aromatic N) is 2. The predicted molar refractivity (Wildman–Crippen MR) is 143 cm³/mol. The number of aryl methyl sites for hydroxylation is 1. The second-order valence-corrected chi connectivity index (χ2v) is 13.6. The molecule has 1 aromatic carbocycles. The molecule has 41 heavy (non-hydrogen) atoms. The van der Waals surface area contributed by atoms with Gasteiger partial charge in [-0.25, -0.2) is 8.42 Å². The minimum atomic E-state index is -4.54. The number of carbonyl (C=O) groups excluding carboxylic acids is 1. The highest BCUT2D eigenvalue weighted by atomic mass is 35.5. The van der Waals surface area contributed by atoms with Crippen molar-refractivity contribution in [2.24, 2.45) is 11.3 Å². The number of nitrogens with one attached hydrogen (secondary N) is 1. The molecular weight excluding hydrogens is 597 g/mol. The van der Waals surface area contributed by atoms with Crippen molar-refractivity contribution < 1.29 is 45.0 Å². The minimum absolute atomic E-state index is 0.00628. The zero-order valence-electron chi connectivity index (χ0n) is 22.9. The number of carbonyl (C=O) groups is 1. The van der Waals surface area contributed by atoms with Crippen LogP contribution in [0.5, 0.6) is 5.75 Å². The van der Waals surface area contributed by atoms with E-state index < -0.39 is 63.4 Å². The number of aliphatic hydroxyl groups excluding tert-OH is 1. The Bertz CT molecular complexity index is 1360. The second-order valence-electron chi connectivity index (χ2n) is 10.9. The molecule has 1 amide bonds. The molecule has 1 aliphatic rings. The molecule has 8 nitrogen and oxygen atoms in total. The molecule has 0 unspecified atom stereocenters. The summed E-state index contributed by atoms with van der Waals surface area (Å²) in [6.45, 7) is 0.553. The van der Waals surface area contributed by atoms with E-state index in [1.54, 1.807) is 6.92 Å². The van der Waals surface area contributed by atoms with Crippen LogP contribution in [0.1, 0.15) is 56.1 Å². The summed E-state index contributed by atoms with van der Waals surface area (Å²) in [5, 5.41) is 16.4. The van der Waals surface area contributed by atoms with Gasteiger partial charge in [-0.1, -0.05) is 31.5 Å². The largest absolute Gasteiger partial charge is 0.434 e. The number of alkyl halides is 5. The van der Waals surface area contributed by atoms with Crippen LogP contribution in [0.2, 0.25) is 5.02 Å². The van der Waals surface area contributed by atoms with E-state index in [0.717, 1.165) is 26.2 Å². The summed E-state index contributed by atoms with van der Waals surface area (Å²) in [6, 6.07) is 3.73. The number of sulfone groups is 1. The van der Waals surface area contributed by atoms with Gasteiger partial charge in [0.2, 0.25) is 0 Å². The fourth-order valence-corrected chi connectivity index (χ4v) is 6.29. The van der Waals surface area contributed by atoms with E-state index in [9.17, 15) is 40.3 Å². The predicted octanol–water partition coefficient (Wildman–Crippen LogP) is 5.26. The first-order chi connectivity index (χ1) is 18.9. The quantitative estimate of drug-likeness (QED) is 0.347. The Kier molecular flexibility index (Phi) is 10.0. The van der Waals surface area contributed by atoms with Crippen molar-refractivity contribution in [3.05, 3.63) is 34.5 Å². The molecule has 1 aliphatic carbocycles. The molecular formula is C26H33ClF5N3O5S. The van der Waals surface area contributed by atoms with Crippen molar-refractivity contribution in [3.8, 4) is 17.0 Å². The molecule has 0 radical (unpaired) electrons. The summed E-state index contributed by atoms with van der Waals surface area (Å²) in [5.41, 5.74) is -2.19. The zero-order valence-corrected chi connectivity index (χ0v) is 24.5. The summed E-state index contributed by atoms with van der Waals surface area (Å²) in [7, 11) is -3.31. The Labute approximate surface area is 240 Å². The number of rotatable bonds is 10. The van der Waals surface area contributed by atoms with Crippen molar-refractivity contribution in [1.82, 2.24) is 15.1 Å². The molecule has 1 fully saturated rings. The van der Waals surface area contributed by atoms with Crippen LogP contribution in [0.4, 0.5) is 22.0 Å². The summed E-state index contributed by atoms with van der Waals surface area (Å²) in [6.07, 6.45) is -4.10. The van der Waals surface area contributed by atoms with Crippen LogP contribution in [0.15, 0.2) is 18.2 Å². The van der Waals surface area contributed by atoms with E-state index in [-0.39, 0.29) is 47.0 Å². The van der Waals surface area contributed by atoms with Crippen molar-refractivity contribution in [2.45, 2.75) is 77.1 Å². The normalized spacial score (nSPS) is 20.3. The van der Waals surface area contributed by atoms with Gasteiger partial charge in [0, 0.05) is 30.8 Å². The number of amides is 1. The first kappa shape index (κ1) is 33.1. The van der Waals surface area contributed by atoms with E-state index in [1.165, 1.54) is 16.8 Å². The van der Waals surface area contributed by atoms with Crippen LogP contribution in [-0.2, 0) is 22.8 Å². The standard InChI is InChI=1S/C26H33ClF5N3O5S/c1-5-35-22(17-9-6-14(10-19(17)40-24(28)29)12-25(2,3)26(30,31)32)20(27)21(34-35)23(37)33-13-15-7-8-16(11-18(15)36)41(4,38)39/h6,9-10,15-16,18,24,36H,5,7-8,11-13H2,1-4H3,(H,33,37)/t15-,16+,18+/m0/s1. The molecule has 0 aliphatic heterocycles. The Morgan fingerprint density at radius 2 is 1.93 bits per heavy atom. The van der Waals surface area contributed by atoms with Crippen LogP contribution >= 0.6 is 11.6 Å². The SMILES string of the molecule is CCn1nc(C(=O)NC[C@@H]2CC[C@@H](S(C)(=O)=O)C[C@H]2O)c(Cl)c1-c1ccc(CC(C)(C)C(F)(F)F)cc1OC(F)F. The topological polar surface area (TPSA) is 111 Å². The van der Waals surface area contributed by atoms with Crippen LogP contribution in [-0.4, -0.2) is 66.2 Å². The Morgan fingerprint density at radius 1 is 1.27 bits per heavy atom. The molecule has 3 rings (SSSR count). The van der Waals surface area contributed by atoms with Gasteiger partial charge in [-0.05, 0) is 50.3 Å². The molecule has 3 atom stereocenters. The van der Waals surface area contributed by atoms with Gasteiger partial charge >= 0.3 is 12.8 Å². The lowest BCUT2D eigenvalue weighted by molar-refractivity contribution is -0.211. The number of benzene rings is 1. The maximum atomic E-state index is 13.4. The van der Waals surface area contributed by atoms with E-state index in [0.29, 0.717) is 12.8 Å². The van der Waals surface area contributed by atoms with E-state index in [4.69, 9.17) is 11.6 Å². The first-order valence-electron chi connectivity index (χ1n) is 12.9. The lowest BCUT2D eigenvalue weighted by Crippen LogP contribution is -2.41. The van der Waals surface area contributed by atoms with Gasteiger partial charge in [-0.2, -0.15) is 27.1 Å². The van der Waals surface area contributed by atoms with Crippen molar-refractivity contribution >= 4 is 27.3 Å². The first-order valence-corrected chi connectivity index (χ1v) is 15.2. The van der Waals surface area contributed by atoms with Crippen LogP contribution in [0.25, 0.3) is 11.3 Å². The third-order valence-corrected chi connectivity index (χ3v) is 9.38. The Balaban J connectivity index is 1.88. The van der Waals surface area contributed by atoms with Crippen LogP contribution < -0.4 is 10.1 Å². The van der Waals surface area contributed by atoms with Crippen LogP contribution in [0, 0.1) is 11.3 Å². The number of ether oxygens (including phenoxy) is 1. The maximum absolute atomic E-state index is 13.4. The molecule has 2 aromatic rings. The fraction of sp³-hybridized carbons (Fsp3) is 0.615. The molecule has 0 spiro atoms. The van der Waals surface area contributed by atoms with Crippen molar-refractivity contribution in [3.63, 3.8) is 0 Å². The number of halogens is 6. The van der Waals surface area contributed by atoms with Crippen molar-refractivity contribution in [1.29, 1.82) is 0 Å². The number of aliphatic hydroxyl groups is 1. The number of hydrogen-bond donors (Lipinski definition) is 2. The van der Waals surface area contributed by atoms with Gasteiger partial charge in [-0.15, -0.1) is 0 Å². The molecule has 2 N–H and O–H groups in total. The fourth-order valence-electron chi connectivity index (χ4n) is 4.85. The van der Waals surface area contributed by atoms with Gasteiger partial charge in [0.05, 0.1) is 27.5 Å². The van der Waals surface area contributed by atoms with Crippen LogP contribution in [0.3, 0.4) is 0 Å². The average Bonchev–Trinajstić information content (AvgIpc) is 3.17. The summed E-state index contributed by atoms with van der Waals surface area (Å²) in [5.74, 6) is -1.53. The van der Waals surface area contributed by atoms with Gasteiger partial charge in [0.25, 0.3) is 5.91 Å². The molecule has 230 valence electrons. The van der Waals surface area contributed by atoms with Gasteiger partial charge in [0.15, 0.2) is 5.69 Å². The molecule has 1 aromatic heterocycles. The summed E-state index contributed by atoms with van der Waals surface area (Å²) < 4.78 is 96.4. The smallest absolute Gasteiger partial charge is 0.394 e. The highest BCUT2D eigenvalue weighted by Gasteiger charge is 2.47. The third-order valence-electron chi connectivity index (χ3n) is 7.38. The molecule has 0 saturated heterocycles. The Morgan fingerprint density at radius 3 is 2.46 bits per heavy atom. The minimum Gasteiger partial charge on any atom is -0.434 e. The van der Waals surface area contributed by atoms with E-state index in [2.05, 4.69) is 15.2 Å². The molecule has 1 saturated carbocycles. The Hall–Kier alpha value is -2.45. The van der Waals surface area contributed by atoms with E-state index in [1.807, 2.05) is 0 Å². The number of aromatic nitrogens is 2.